The Balaban J connectivity index is 0.000001000. The third kappa shape index (κ3) is 2.91. The lowest BCUT2D eigenvalue weighted by atomic mass is 10.2. The van der Waals surface area contributed by atoms with Gasteiger partial charge in [0.05, 0.1) is 7.11 Å². The fourth-order valence-electron chi connectivity index (χ4n) is 0.762. The van der Waals surface area contributed by atoms with Crippen molar-refractivity contribution in [2.75, 3.05) is 7.11 Å². The van der Waals surface area contributed by atoms with E-state index in [4.69, 9.17) is 10.5 Å². The molecule has 1 rings (SSSR count). The van der Waals surface area contributed by atoms with Crippen LogP contribution < -0.4 is 10.5 Å². The van der Waals surface area contributed by atoms with Gasteiger partial charge in [0.1, 0.15) is 5.75 Å². The molecule has 0 fully saturated rings. The summed E-state index contributed by atoms with van der Waals surface area (Å²) in [5.41, 5.74) is 6.53. The summed E-state index contributed by atoms with van der Waals surface area (Å²) >= 11 is 0. The van der Waals surface area contributed by atoms with Crippen molar-refractivity contribution in [3.05, 3.63) is 29.8 Å². The van der Waals surface area contributed by atoms with Gasteiger partial charge in [-0.15, -0.1) is 17.0 Å². The number of ether oxygens (including phenoxy) is 1. The summed E-state index contributed by atoms with van der Waals surface area (Å²) in [6.07, 6.45) is 0. The summed E-state index contributed by atoms with van der Waals surface area (Å²) < 4.78 is 4.97. The number of methoxy groups -OCH3 is 1. The predicted octanol–water partition coefficient (Wildman–Crippen LogP) is 1.73. The first kappa shape index (κ1) is 10.5. The lowest BCUT2D eigenvalue weighted by molar-refractivity contribution is 0.414. The van der Waals surface area contributed by atoms with Gasteiger partial charge < -0.3 is 10.5 Å². The minimum absolute atomic E-state index is 0. The molecule has 11 heavy (non-hydrogen) atoms. The molecule has 0 saturated carbocycles. The van der Waals surface area contributed by atoms with Crippen LogP contribution >= 0.6 is 17.0 Å². The van der Waals surface area contributed by atoms with E-state index in [0.717, 1.165) is 11.3 Å². The Bertz CT molecular complexity index is 175. The number of benzene rings is 1. The molecule has 1 aromatic carbocycles. The second kappa shape index (κ2) is 5.16. The maximum absolute atomic E-state index is 5.40. The molecule has 0 radical (unpaired) electrons. The topological polar surface area (TPSA) is 35.2 Å². The van der Waals surface area contributed by atoms with Gasteiger partial charge in [0.2, 0.25) is 0 Å². The second-order valence-corrected chi connectivity index (χ2v) is 2.05. The van der Waals surface area contributed by atoms with Gasteiger partial charge in [-0.25, -0.2) is 0 Å². The molecular formula is C8H12BrNO. The molecule has 1 aromatic rings. The van der Waals surface area contributed by atoms with Crippen LogP contribution in [-0.4, -0.2) is 7.11 Å². The summed E-state index contributed by atoms with van der Waals surface area (Å²) in [6.45, 7) is 0.587. The van der Waals surface area contributed by atoms with Crippen molar-refractivity contribution in [1.82, 2.24) is 0 Å². The molecule has 0 unspecified atom stereocenters. The lowest BCUT2D eigenvalue weighted by Gasteiger charge is -1.99. The third-order valence-corrected chi connectivity index (χ3v) is 1.39. The summed E-state index contributed by atoms with van der Waals surface area (Å²) in [4.78, 5) is 0. The van der Waals surface area contributed by atoms with Crippen LogP contribution in [0.3, 0.4) is 0 Å². The van der Waals surface area contributed by atoms with Crippen LogP contribution in [0.4, 0.5) is 0 Å². The molecule has 2 N–H and O–H groups in total. The van der Waals surface area contributed by atoms with E-state index < -0.39 is 0 Å². The van der Waals surface area contributed by atoms with Gasteiger partial charge in [0, 0.05) is 6.54 Å². The Morgan fingerprint density at radius 1 is 1.27 bits per heavy atom. The van der Waals surface area contributed by atoms with Crippen molar-refractivity contribution in [2.45, 2.75) is 6.54 Å². The minimum atomic E-state index is 0. The quantitative estimate of drug-likeness (QED) is 0.820. The van der Waals surface area contributed by atoms with Crippen LogP contribution in [0.2, 0.25) is 0 Å². The number of halogens is 1. The van der Waals surface area contributed by atoms with Crippen molar-refractivity contribution >= 4 is 17.0 Å². The molecular weight excluding hydrogens is 206 g/mol. The van der Waals surface area contributed by atoms with Gasteiger partial charge in [-0.2, -0.15) is 0 Å². The van der Waals surface area contributed by atoms with Gasteiger partial charge in [-0.3, -0.25) is 0 Å². The average molecular weight is 218 g/mol. The summed E-state index contributed by atoms with van der Waals surface area (Å²) in [5.74, 6) is 0.872. The van der Waals surface area contributed by atoms with E-state index in [1.165, 1.54) is 0 Å². The zero-order chi connectivity index (χ0) is 7.40. The first-order chi connectivity index (χ1) is 4.86. The molecule has 0 bridgehead atoms. The average Bonchev–Trinajstić information content (AvgIpc) is 2.05. The highest BCUT2D eigenvalue weighted by Crippen LogP contribution is 2.09. The SMILES string of the molecule is Br.COc1ccc(CN)cc1. The van der Waals surface area contributed by atoms with E-state index in [9.17, 15) is 0 Å². The molecule has 0 saturated heterocycles. The molecule has 3 heteroatoms. The Labute approximate surface area is 77.1 Å². The number of nitrogens with two attached hydrogens (primary N) is 1. The monoisotopic (exact) mass is 217 g/mol. The molecule has 62 valence electrons. The van der Waals surface area contributed by atoms with Crippen LogP contribution in [0, 0.1) is 0 Å². The number of hydrogen-bond acceptors (Lipinski definition) is 2. The van der Waals surface area contributed by atoms with Crippen molar-refractivity contribution < 1.29 is 4.74 Å². The minimum Gasteiger partial charge on any atom is -0.497 e. The summed E-state index contributed by atoms with van der Waals surface area (Å²) in [5, 5.41) is 0. The molecule has 0 aliphatic heterocycles. The van der Waals surface area contributed by atoms with Crippen LogP contribution in [0.15, 0.2) is 24.3 Å². The van der Waals surface area contributed by atoms with Crippen molar-refractivity contribution in [3.8, 4) is 5.75 Å². The van der Waals surface area contributed by atoms with Crippen molar-refractivity contribution in [3.63, 3.8) is 0 Å². The van der Waals surface area contributed by atoms with E-state index in [1.807, 2.05) is 24.3 Å². The highest BCUT2D eigenvalue weighted by molar-refractivity contribution is 8.93. The van der Waals surface area contributed by atoms with E-state index in [2.05, 4.69) is 0 Å². The maximum Gasteiger partial charge on any atom is 0.118 e. The normalized spacial score (nSPS) is 8.55. The largest absolute Gasteiger partial charge is 0.497 e. The summed E-state index contributed by atoms with van der Waals surface area (Å²) in [7, 11) is 1.65. The van der Waals surface area contributed by atoms with E-state index in [-0.39, 0.29) is 17.0 Å². The van der Waals surface area contributed by atoms with Crippen LogP contribution in [-0.2, 0) is 6.54 Å². The van der Waals surface area contributed by atoms with Gasteiger partial charge >= 0.3 is 0 Å². The fraction of sp³-hybridized carbons (Fsp3) is 0.250. The molecule has 0 aliphatic rings. The molecule has 0 spiro atoms. The molecule has 0 atom stereocenters. The van der Waals surface area contributed by atoms with Crippen molar-refractivity contribution in [1.29, 1.82) is 0 Å². The highest BCUT2D eigenvalue weighted by Gasteiger charge is 1.89. The van der Waals surface area contributed by atoms with Crippen molar-refractivity contribution in [2.24, 2.45) is 5.73 Å². The molecule has 0 heterocycles. The molecule has 0 aromatic heterocycles. The Hall–Kier alpha value is -0.540. The molecule has 2 nitrogen and oxygen atoms in total. The zero-order valence-electron chi connectivity index (χ0n) is 6.41. The first-order valence-electron chi connectivity index (χ1n) is 3.20. The summed E-state index contributed by atoms with van der Waals surface area (Å²) in [6, 6.07) is 7.72. The van der Waals surface area contributed by atoms with Gasteiger partial charge in [0.15, 0.2) is 0 Å². The van der Waals surface area contributed by atoms with Gasteiger partial charge in [-0.05, 0) is 17.7 Å². The van der Waals surface area contributed by atoms with Crippen LogP contribution in [0.5, 0.6) is 5.75 Å². The van der Waals surface area contributed by atoms with E-state index in [1.54, 1.807) is 7.11 Å². The number of rotatable bonds is 2. The standard InChI is InChI=1S/C8H11NO.BrH/c1-10-8-4-2-7(6-9)3-5-8;/h2-5H,6,9H2,1H3;1H. The van der Waals surface area contributed by atoms with Crippen LogP contribution in [0.1, 0.15) is 5.56 Å². The van der Waals surface area contributed by atoms with Gasteiger partial charge in [-0.1, -0.05) is 12.1 Å². The predicted molar refractivity (Wildman–Crippen MR) is 51.2 cm³/mol. The van der Waals surface area contributed by atoms with E-state index >= 15 is 0 Å². The maximum atomic E-state index is 5.40. The molecule has 0 aliphatic carbocycles. The zero-order valence-corrected chi connectivity index (χ0v) is 8.12. The Kier molecular flexibility index (Phi) is 4.90. The smallest absolute Gasteiger partial charge is 0.118 e. The Morgan fingerprint density at radius 2 is 1.82 bits per heavy atom. The van der Waals surface area contributed by atoms with Crippen LogP contribution in [0.25, 0.3) is 0 Å². The first-order valence-corrected chi connectivity index (χ1v) is 3.20. The lowest BCUT2D eigenvalue weighted by Crippen LogP contribution is -1.95. The van der Waals surface area contributed by atoms with E-state index in [0.29, 0.717) is 6.54 Å². The second-order valence-electron chi connectivity index (χ2n) is 2.05. The Morgan fingerprint density at radius 3 is 2.18 bits per heavy atom. The highest BCUT2D eigenvalue weighted by atomic mass is 79.9. The molecule has 0 amide bonds. The van der Waals surface area contributed by atoms with Gasteiger partial charge in [0.25, 0.3) is 0 Å². The third-order valence-electron chi connectivity index (χ3n) is 1.39. The fourth-order valence-corrected chi connectivity index (χ4v) is 0.762. The number of hydrogen-bond donors (Lipinski definition) is 1.